The number of aromatic nitrogens is 3. The summed E-state index contributed by atoms with van der Waals surface area (Å²) in [6.07, 6.45) is 6.68. The molecule has 98 valence electrons. The Morgan fingerprint density at radius 3 is 2.84 bits per heavy atom. The van der Waals surface area contributed by atoms with Crippen molar-refractivity contribution in [1.82, 2.24) is 15.0 Å². The molecule has 0 aromatic carbocycles. The van der Waals surface area contributed by atoms with Crippen LogP contribution in [-0.4, -0.2) is 27.1 Å². The molecule has 19 heavy (non-hydrogen) atoms. The van der Waals surface area contributed by atoms with Crippen LogP contribution in [0.4, 0.5) is 11.5 Å². The first kappa shape index (κ1) is 13.1. The summed E-state index contributed by atoms with van der Waals surface area (Å²) in [5.74, 6) is -0.694. The largest absolute Gasteiger partial charge is 0.382 e. The number of carbonyl (C=O) groups is 1. The molecule has 2 aromatic heterocycles. The van der Waals surface area contributed by atoms with Crippen molar-refractivity contribution in [3.63, 3.8) is 0 Å². The van der Waals surface area contributed by atoms with Gasteiger partial charge in [-0.05, 0) is 6.07 Å². The average Bonchev–Trinajstić information content (AvgIpc) is 2.39. The van der Waals surface area contributed by atoms with Gasteiger partial charge >= 0.3 is 0 Å². The van der Waals surface area contributed by atoms with E-state index in [0.29, 0.717) is 11.3 Å². The Balaban J connectivity index is 2.44. The number of hydrogen-bond acceptors (Lipinski definition) is 7. The molecule has 8 heteroatoms. The monoisotopic (exact) mass is 276 g/mol. The number of nitrogens with one attached hydrogen (secondary N) is 1. The third-order valence-electron chi connectivity index (χ3n) is 2.29. The number of nitrogens with zero attached hydrogens (tertiary/aromatic N) is 3. The van der Waals surface area contributed by atoms with Crippen LogP contribution in [0.5, 0.6) is 0 Å². The van der Waals surface area contributed by atoms with Crippen molar-refractivity contribution in [1.29, 1.82) is 0 Å². The number of anilines is 2. The fourth-order valence-electron chi connectivity index (χ4n) is 1.47. The molecule has 0 aliphatic heterocycles. The van der Waals surface area contributed by atoms with Crippen molar-refractivity contribution in [2.45, 2.75) is 0 Å². The van der Waals surface area contributed by atoms with Crippen LogP contribution in [0.1, 0.15) is 10.5 Å². The zero-order valence-corrected chi connectivity index (χ0v) is 10.9. The van der Waals surface area contributed by atoms with Crippen LogP contribution in [-0.2, 0) is 0 Å². The predicted octanol–water partition coefficient (Wildman–Crippen LogP) is 0.910. The standard InChI is InChI=1S/C11H12N6OS/c1-19-17-7-2-6(3-14-4-7)8-5-15-10(12)9(16-8)11(13)18/h2-5,17H,1H3,(H2,12,15)(H2,13,18). The van der Waals surface area contributed by atoms with Gasteiger partial charge in [-0.1, -0.05) is 11.9 Å². The zero-order valence-electron chi connectivity index (χ0n) is 10.1. The van der Waals surface area contributed by atoms with E-state index < -0.39 is 5.91 Å². The molecule has 0 aliphatic carbocycles. The van der Waals surface area contributed by atoms with Crippen molar-refractivity contribution in [3.8, 4) is 11.3 Å². The second-order valence-corrected chi connectivity index (χ2v) is 4.23. The van der Waals surface area contributed by atoms with Crippen LogP contribution in [0, 0.1) is 0 Å². The lowest BCUT2D eigenvalue weighted by Gasteiger charge is -2.06. The fraction of sp³-hybridized carbons (Fsp3) is 0.0909. The first-order valence-electron chi connectivity index (χ1n) is 5.28. The quantitative estimate of drug-likeness (QED) is 0.710. The first-order chi connectivity index (χ1) is 9.11. The maximum atomic E-state index is 11.2. The van der Waals surface area contributed by atoms with Gasteiger partial charge in [-0.15, -0.1) is 0 Å². The number of nitrogens with two attached hydrogens (primary N) is 2. The molecule has 0 fully saturated rings. The van der Waals surface area contributed by atoms with Crippen molar-refractivity contribution in [3.05, 3.63) is 30.4 Å². The van der Waals surface area contributed by atoms with Gasteiger partial charge in [0, 0.05) is 18.0 Å². The van der Waals surface area contributed by atoms with E-state index in [4.69, 9.17) is 11.5 Å². The van der Waals surface area contributed by atoms with Gasteiger partial charge in [0.2, 0.25) is 0 Å². The van der Waals surface area contributed by atoms with Gasteiger partial charge < -0.3 is 16.2 Å². The molecule has 0 spiro atoms. The zero-order chi connectivity index (χ0) is 13.8. The number of rotatable bonds is 4. The molecule has 2 aromatic rings. The molecule has 0 saturated heterocycles. The summed E-state index contributed by atoms with van der Waals surface area (Å²) in [5.41, 5.74) is 12.7. The normalized spacial score (nSPS) is 10.2. The van der Waals surface area contributed by atoms with E-state index in [9.17, 15) is 4.79 Å². The minimum absolute atomic E-state index is 0.0163. The third kappa shape index (κ3) is 2.91. The van der Waals surface area contributed by atoms with Crippen LogP contribution >= 0.6 is 11.9 Å². The summed E-state index contributed by atoms with van der Waals surface area (Å²) in [6.45, 7) is 0. The number of pyridine rings is 1. The van der Waals surface area contributed by atoms with Gasteiger partial charge in [-0.25, -0.2) is 9.97 Å². The molecular formula is C11H12N6OS. The lowest BCUT2D eigenvalue weighted by molar-refractivity contribution is 0.0996. The second kappa shape index (κ2) is 5.53. The Morgan fingerprint density at radius 1 is 1.37 bits per heavy atom. The molecule has 5 N–H and O–H groups in total. The Labute approximate surface area is 114 Å². The molecule has 0 atom stereocenters. The summed E-state index contributed by atoms with van der Waals surface area (Å²) in [4.78, 5) is 23.3. The number of hydrogen-bond donors (Lipinski definition) is 3. The number of nitrogen functional groups attached to an aromatic ring is 1. The Morgan fingerprint density at radius 2 is 2.16 bits per heavy atom. The Hall–Kier alpha value is -2.35. The number of carbonyl (C=O) groups excluding carboxylic acids is 1. The summed E-state index contributed by atoms with van der Waals surface area (Å²) in [7, 11) is 0. The lowest BCUT2D eigenvalue weighted by atomic mass is 10.2. The summed E-state index contributed by atoms with van der Waals surface area (Å²) < 4.78 is 3.06. The summed E-state index contributed by atoms with van der Waals surface area (Å²) in [5, 5.41) is 0. The van der Waals surface area contributed by atoms with Crippen molar-refractivity contribution < 1.29 is 4.79 Å². The molecule has 0 saturated carbocycles. The van der Waals surface area contributed by atoms with Gasteiger partial charge in [-0.2, -0.15) is 0 Å². The lowest BCUT2D eigenvalue weighted by Crippen LogP contribution is -2.17. The predicted molar refractivity (Wildman–Crippen MR) is 75.3 cm³/mol. The minimum atomic E-state index is -0.710. The minimum Gasteiger partial charge on any atom is -0.382 e. The Kier molecular flexibility index (Phi) is 3.81. The van der Waals surface area contributed by atoms with Crippen LogP contribution in [0.3, 0.4) is 0 Å². The van der Waals surface area contributed by atoms with Crippen molar-refractivity contribution in [2.24, 2.45) is 5.73 Å². The number of primary amides is 1. The van der Waals surface area contributed by atoms with Gasteiger partial charge in [0.25, 0.3) is 5.91 Å². The molecule has 0 radical (unpaired) electrons. The van der Waals surface area contributed by atoms with E-state index in [2.05, 4.69) is 19.7 Å². The van der Waals surface area contributed by atoms with Gasteiger partial charge in [0.05, 0.1) is 23.8 Å². The fourth-order valence-corrected chi connectivity index (χ4v) is 1.82. The van der Waals surface area contributed by atoms with E-state index in [1.54, 1.807) is 12.4 Å². The first-order valence-corrected chi connectivity index (χ1v) is 6.51. The van der Waals surface area contributed by atoms with E-state index in [0.717, 1.165) is 5.69 Å². The molecule has 2 heterocycles. The van der Waals surface area contributed by atoms with Crippen LogP contribution < -0.4 is 16.2 Å². The molecule has 0 bridgehead atoms. The molecule has 1 amide bonds. The van der Waals surface area contributed by atoms with Crippen LogP contribution in [0.2, 0.25) is 0 Å². The summed E-state index contributed by atoms with van der Waals surface area (Å²) in [6, 6.07) is 1.84. The summed E-state index contributed by atoms with van der Waals surface area (Å²) >= 11 is 1.45. The maximum Gasteiger partial charge on any atom is 0.271 e. The Bertz CT molecular complexity index is 618. The topological polar surface area (TPSA) is 120 Å². The van der Waals surface area contributed by atoms with Crippen LogP contribution in [0.25, 0.3) is 11.3 Å². The van der Waals surface area contributed by atoms with Crippen LogP contribution in [0.15, 0.2) is 24.7 Å². The molecule has 0 unspecified atom stereocenters. The molecular weight excluding hydrogens is 264 g/mol. The second-order valence-electron chi connectivity index (χ2n) is 3.62. The average molecular weight is 276 g/mol. The van der Waals surface area contributed by atoms with Gasteiger partial charge in [-0.3, -0.25) is 9.78 Å². The van der Waals surface area contributed by atoms with E-state index in [1.807, 2.05) is 12.3 Å². The smallest absolute Gasteiger partial charge is 0.271 e. The van der Waals surface area contributed by atoms with E-state index in [-0.39, 0.29) is 11.5 Å². The highest BCUT2D eigenvalue weighted by molar-refractivity contribution is 7.99. The number of amides is 1. The van der Waals surface area contributed by atoms with Crippen molar-refractivity contribution >= 4 is 29.4 Å². The highest BCUT2D eigenvalue weighted by atomic mass is 32.2. The molecule has 2 rings (SSSR count). The molecule has 7 nitrogen and oxygen atoms in total. The highest BCUT2D eigenvalue weighted by Crippen LogP contribution is 2.21. The molecule has 0 aliphatic rings. The van der Waals surface area contributed by atoms with E-state index in [1.165, 1.54) is 18.1 Å². The SMILES string of the molecule is CSNc1cncc(-c2cnc(N)c(C(N)=O)n2)c1. The van der Waals surface area contributed by atoms with E-state index >= 15 is 0 Å². The van der Waals surface area contributed by atoms with Gasteiger partial charge in [0.1, 0.15) is 0 Å². The highest BCUT2D eigenvalue weighted by Gasteiger charge is 2.11. The third-order valence-corrected chi connectivity index (χ3v) is 2.73. The van der Waals surface area contributed by atoms with Crippen molar-refractivity contribution in [2.75, 3.05) is 16.7 Å². The van der Waals surface area contributed by atoms with Gasteiger partial charge in [0.15, 0.2) is 11.5 Å². The maximum absolute atomic E-state index is 11.2.